The number of hydrogen-bond donors (Lipinski definition) is 2. The number of rotatable bonds is 4. The number of benzene rings is 2. The monoisotopic (exact) mass is 270 g/mol. The fourth-order valence-electron chi connectivity index (χ4n) is 1.57. The summed E-state index contributed by atoms with van der Waals surface area (Å²) in [6.45, 7) is 0. The molecule has 2 N–H and O–H groups in total. The molecule has 0 radical (unpaired) electrons. The fraction of sp³-hybridized carbons (Fsp3) is 0.0625. The fourth-order valence-corrected chi connectivity index (χ4v) is 1.57. The predicted molar refractivity (Wildman–Crippen MR) is 75.0 cm³/mol. The molecule has 4 nitrogen and oxygen atoms in total. The van der Waals surface area contributed by atoms with Gasteiger partial charge in [0.15, 0.2) is 0 Å². The lowest BCUT2D eigenvalue weighted by molar-refractivity contribution is -0.0347. The molecular weight excluding hydrogens is 256 g/mol. The molecule has 2 aromatic carbocycles. The van der Waals surface area contributed by atoms with Gasteiger partial charge in [-0.3, -0.25) is 0 Å². The van der Waals surface area contributed by atoms with Crippen LogP contribution in [0.5, 0.6) is 5.75 Å². The summed E-state index contributed by atoms with van der Waals surface area (Å²) in [4.78, 5) is 11.7. The average Bonchev–Trinajstić information content (AvgIpc) is 2.47. The molecule has 0 aromatic heterocycles. The summed E-state index contributed by atoms with van der Waals surface area (Å²) >= 11 is 0. The summed E-state index contributed by atoms with van der Waals surface area (Å²) in [6.07, 6.45) is 1.72. The molecule has 1 unspecified atom stereocenters. The minimum absolute atomic E-state index is 0.0612. The molecule has 0 aliphatic carbocycles. The molecule has 0 spiro atoms. The van der Waals surface area contributed by atoms with Crippen molar-refractivity contribution >= 4 is 12.0 Å². The number of esters is 1. The Kier molecular flexibility index (Phi) is 4.52. The Morgan fingerprint density at radius 3 is 2.35 bits per heavy atom. The van der Waals surface area contributed by atoms with Gasteiger partial charge in [-0.2, -0.15) is 0 Å². The standard InChI is InChI=1S/C16H14O4/c17-14-9-7-13(8-10-14)16(19)20-15(18)11-6-12-4-2-1-3-5-12/h1-11,15,17-18H. The number of aliphatic hydroxyl groups is 1. The van der Waals surface area contributed by atoms with Gasteiger partial charge in [-0.25, -0.2) is 4.79 Å². The Bertz CT molecular complexity index is 588. The van der Waals surface area contributed by atoms with Crippen molar-refractivity contribution in [2.45, 2.75) is 6.29 Å². The van der Waals surface area contributed by atoms with Gasteiger partial charge >= 0.3 is 5.97 Å². The van der Waals surface area contributed by atoms with Crippen molar-refractivity contribution in [3.05, 3.63) is 71.8 Å². The Morgan fingerprint density at radius 1 is 1.05 bits per heavy atom. The summed E-state index contributed by atoms with van der Waals surface area (Å²) in [5.41, 5.74) is 1.15. The highest BCUT2D eigenvalue weighted by Crippen LogP contribution is 2.11. The lowest BCUT2D eigenvalue weighted by Gasteiger charge is -2.08. The minimum Gasteiger partial charge on any atom is -0.508 e. The van der Waals surface area contributed by atoms with Crippen molar-refractivity contribution in [1.29, 1.82) is 0 Å². The molecule has 0 aliphatic heterocycles. The lowest BCUT2D eigenvalue weighted by atomic mass is 10.2. The zero-order chi connectivity index (χ0) is 14.4. The topological polar surface area (TPSA) is 66.8 Å². The molecule has 20 heavy (non-hydrogen) atoms. The molecule has 0 amide bonds. The Morgan fingerprint density at radius 2 is 1.70 bits per heavy atom. The number of phenolic OH excluding ortho intramolecular Hbond substituents is 1. The first-order valence-corrected chi connectivity index (χ1v) is 6.06. The predicted octanol–water partition coefficient (Wildman–Crippen LogP) is 2.58. The molecule has 0 saturated heterocycles. The van der Waals surface area contributed by atoms with E-state index in [1.807, 2.05) is 30.3 Å². The van der Waals surface area contributed by atoms with E-state index < -0.39 is 12.3 Å². The van der Waals surface area contributed by atoms with E-state index in [0.29, 0.717) is 0 Å². The highest BCUT2D eigenvalue weighted by atomic mass is 16.6. The largest absolute Gasteiger partial charge is 0.508 e. The van der Waals surface area contributed by atoms with Gasteiger partial charge in [0.2, 0.25) is 6.29 Å². The zero-order valence-corrected chi connectivity index (χ0v) is 10.6. The summed E-state index contributed by atoms with van der Waals surface area (Å²) in [6, 6.07) is 15.0. The SMILES string of the molecule is O=C(OC(O)C=Cc1ccccc1)c1ccc(O)cc1. The third-order valence-corrected chi connectivity index (χ3v) is 2.58. The molecule has 2 aromatic rings. The lowest BCUT2D eigenvalue weighted by Crippen LogP contribution is -2.15. The minimum atomic E-state index is -1.32. The van der Waals surface area contributed by atoms with Crippen LogP contribution in [-0.4, -0.2) is 22.5 Å². The maximum atomic E-state index is 11.7. The van der Waals surface area contributed by atoms with E-state index >= 15 is 0 Å². The van der Waals surface area contributed by atoms with Gasteiger partial charge in [-0.1, -0.05) is 36.4 Å². The number of hydrogen-bond acceptors (Lipinski definition) is 4. The molecule has 0 heterocycles. The van der Waals surface area contributed by atoms with Gasteiger partial charge in [-0.05, 0) is 35.9 Å². The van der Waals surface area contributed by atoms with Crippen LogP contribution in [0.15, 0.2) is 60.7 Å². The number of carbonyl (C=O) groups excluding carboxylic acids is 1. The zero-order valence-electron chi connectivity index (χ0n) is 10.6. The van der Waals surface area contributed by atoms with E-state index in [9.17, 15) is 9.90 Å². The van der Waals surface area contributed by atoms with Crippen molar-refractivity contribution in [3.8, 4) is 5.75 Å². The molecule has 2 rings (SSSR count). The first-order chi connectivity index (χ1) is 9.65. The van der Waals surface area contributed by atoms with Gasteiger partial charge in [0.25, 0.3) is 0 Å². The second-order valence-electron chi connectivity index (χ2n) is 4.11. The van der Waals surface area contributed by atoms with E-state index in [0.717, 1.165) is 5.56 Å². The van der Waals surface area contributed by atoms with Crippen LogP contribution in [0, 0.1) is 0 Å². The van der Waals surface area contributed by atoms with Crippen LogP contribution in [-0.2, 0) is 4.74 Å². The Labute approximate surface area is 116 Å². The van der Waals surface area contributed by atoms with E-state index in [1.165, 1.54) is 30.3 Å². The molecule has 0 fully saturated rings. The highest BCUT2D eigenvalue weighted by molar-refractivity contribution is 5.89. The van der Waals surface area contributed by atoms with E-state index in [-0.39, 0.29) is 11.3 Å². The Balaban J connectivity index is 1.94. The first-order valence-electron chi connectivity index (χ1n) is 6.06. The van der Waals surface area contributed by atoms with Crippen LogP contribution in [0.2, 0.25) is 0 Å². The van der Waals surface area contributed by atoms with Gasteiger partial charge in [-0.15, -0.1) is 0 Å². The number of aliphatic hydroxyl groups excluding tert-OH is 1. The second kappa shape index (κ2) is 6.54. The van der Waals surface area contributed by atoms with Gasteiger partial charge in [0.1, 0.15) is 5.75 Å². The quantitative estimate of drug-likeness (QED) is 0.662. The molecule has 0 aliphatic rings. The summed E-state index contributed by atoms with van der Waals surface area (Å²) in [5.74, 6) is -0.596. The molecule has 102 valence electrons. The van der Waals surface area contributed by atoms with Crippen LogP contribution in [0.3, 0.4) is 0 Å². The van der Waals surface area contributed by atoms with Crippen LogP contribution in [0.25, 0.3) is 6.08 Å². The van der Waals surface area contributed by atoms with Crippen molar-refractivity contribution in [1.82, 2.24) is 0 Å². The normalized spacial score (nSPS) is 12.2. The van der Waals surface area contributed by atoms with Gasteiger partial charge < -0.3 is 14.9 Å². The molecule has 4 heteroatoms. The van der Waals surface area contributed by atoms with E-state index in [2.05, 4.69) is 0 Å². The maximum Gasteiger partial charge on any atom is 0.340 e. The summed E-state index contributed by atoms with van der Waals surface area (Å²) in [7, 11) is 0. The average molecular weight is 270 g/mol. The Hall–Kier alpha value is -2.59. The van der Waals surface area contributed by atoms with E-state index in [4.69, 9.17) is 9.84 Å². The van der Waals surface area contributed by atoms with Crippen LogP contribution in [0.4, 0.5) is 0 Å². The first kappa shape index (κ1) is 13.8. The maximum absolute atomic E-state index is 11.7. The summed E-state index contributed by atoms with van der Waals surface area (Å²) in [5, 5.41) is 18.7. The van der Waals surface area contributed by atoms with E-state index in [1.54, 1.807) is 6.08 Å². The van der Waals surface area contributed by atoms with Crippen LogP contribution in [0.1, 0.15) is 15.9 Å². The van der Waals surface area contributed by atoms with Gasteiger partial charge in [0, 0.05) is 0 Å². The smallest absolute Gasteiger partial charge is 0.340 e. The van der Waals surface area contributed by atoms with Crippen LogP contribution < -0.4 is 0 Å². The van der Waals surface area contributed by atoms with Crippen molar-refractivity contribution in [3.63, 3.8) is 0 Å². The van der Waals surface area contributed by atoms with Crippen molar-refractivity contribution in [2.24, 2.45) is 0 Å². The highest BCUT2D eigenvalue weighted by Gasteiger charge is 2.10. The van der Waals surface area contributed by atoms with Gasteiger partial charge in [0.05, 0.1) is 5.56 Å². The third-order valence-electron chi connectivity index (χ3n) is 2.58. The van der Waals surface area contributed by atoms with Crippen molar-refractivity contribution in [2.75, 3.05) is 0 Å². The molecule has 1 atom stereocenters. The second-order valence-corrected chi connectivity index (χ2v) is 4.11. The van der Waals surface area contributed by atoms with Crippen molar-refractivity contribution < 1.29 is 19.7 Å². The number of aromatic hydroxyl groups is 1. The van der Waals surface area contributed by atoms with Crippen LogP contribution >= 0.6 is 0 Å². The summed E-state index contributed by atoms with van der Waals surface area (Å²) < 4.78 is 4.85. The number of phenols is 1. The molecular formula is C16H14O4. The number of carbonyl (C=O) groups is 1. The molecule has 0 bridgehead atoms. The third kappa shape index (κ3) is 3.96. The number of ether oxygens (including phenoxy) is 1. The molecule has 0 saturated carbocycles.